The fourth-order valence-corrected chi connectivity index (χ4v) is 8.57. The van der Waals surface area contributed by atoms with Crippen LogP contribution in [-0.2, 0) is 38.5 Å². The molecule has 57 heavy (non-hydrogen) atoms. The van der Waals surface area contributed by atoms with Crippen molar-refractivity contribution in [2.45, 2.75) is 76.9 Å². The molecule has 0 saturated carbocycles. The third-order valence-corrected chi connectivity index (χ3v) is 11.5. The zero-order valence-electron chi connectivity index (χ0n) is 31.0. The number of carbonyl (C=O) groups excluding carboxylic acids is 5. The van der Waals surface area contributed by atoms with Crippen molar-refractivity contribution in [2.24, 2.45) is 0 Å². The van der Waals surface area contributed by atoms with Crippen LogP contribution in [0.5, 0.6) is 11.8 Å². The van der Waals surface area contributed by atoms with Crippen molar-refractivity contribution < 1.29 is 42.2 Å². The van der Waals surface area contributed by atoms with E-state index in [4.69, 9.17) is 14.6 Å². The van der Waals surface area contributed by atoms with Crippen molar-refractivity contribution >= 4 is 41.0 Å². The second kappa shape index (κ2) is 14.4. The predicted octanol–water partition coefficient (Wildman–Crippen LogP) is 4.81. The number of piperidine rings is 1. The van der Waals surface area contributed by atoms with Gasteiger partial charge in [0, 0.05) is 86.5 Å². The van der Waals surface area contributed by atoms with Crippen LogP contribution >= 0.6 is 0 Å². The summed E-state index contributed by atoms with van der Waals surface area (Å²) in [6.07, 6.45) is 3.73. The lowest BCUT2D eigenvalue weighted by atomic mass is 9.92. The molecule has 2 aromatic heterocycles. The molecule has 5 aliphatic heterocycles. The number of anilines is 2. The average molecular weight is 781 g/mol. The molecule has 2 aromatic carbocycles. The van der Waals surface area contributed by atoms with E-state index in [1.807, 2.05) is 4.90 Å². The van der Waals surface area contributed by atoms with Gasteiger partial charge in [0.05, 0.1) is 23.7 Å². The normalized spacial score (nSPS) is 19.8. The van der Waals surface area contributed by atoms with Crippen LogP contribution in [-0.4, -0.2) is 91.4 Å². The third-order valence-electron chi connectivity index (χ3n) is 11.5. The zero-order valence-corrected chi connectivity index (χ0v) is 31.0. The fraction of sp³-hybridized carbons (Fsp3) is 0.400. The molecule has 1 unspecified atom stereocenters. The monoisotopic (exact) mass is 780 g/mol. The molecule has 0 radical (unpaired) electrons. The number of hydrogen-bond acceptors (Lipinski definition) is 11. The van der Waals surface area contributed by atoms with E-state index >= 15 is 0 Å². The Labute approximate surface area is 324 Å². The number of carbonyl (C=O) groups is 5. The Kier molecular flexibility index (Phi) is 9.26. The van der Waals surface area contributed by atoms with E-state index in [0.717, 1.165) is 41.0 Å². The number of rotatable bonds is 7. The van der Waals surface area contributed by atoms with Gasteiger partial charge in [-0.05, 0) is 73.6 Å². The van der Waals surface area contributed by atoms with Gasteiger partial charge in [-0.25, -0.2) is 18.7 Å². The fourth-order valence-electron chi connectivity index (χ4n) is 8.57. The van der Waals surface area contributed by atoms with E-state index in [1.54, 1.807) is 17.9 Å². The van der Waals surface area contributed by atoms with Crippen LogP contribution in [0.25, 0.3) is 11.1 Å². The number of imide groups is 2. The first kappa shape index (κ1) is 36.5. The maximum absolute atomic E-state index is 14.9. The first-order valence-corrected chi connectivity index (χ1v) is 19.1. The van der Waals surface area contributed by atoms with Crippen molar-refractivity contribution in [1.82, 2.24) is 34.9 Å². The van der Waals surface area contributed by atoms with E-state index in [-0.39, 0.29) is 58.8 Å². The molecular formula is C40H38F2N8O7. The number of nitrogens with zero attached hydrogens (tertiary/aromatic N) is 7. The molecule has 0 bridgehead atoms. The van der Waals surface area contributed by atoms with Crippen molar-refractivity contribution in [3.63, 3.8) is 0 Å². The van der Waals surface area contributed by atoms with Crippen molar-refractivity contribution in [1.29, 1.82) is 0 Å². The van der Waals surface area contributed by atoms with E-state index in [2.05, 4.69) is 20.0 Å². The van der Waals surface area contributed by atoms with Gasteiger partial charge in [0.25, 0.3) is 18.2 Å². The molecule has 15 nitrogen and oxygen atoms in total. The highest BCUT2D eigenvalue weighted by molar-refractivity contribution is 6.23. The Morgan fingerprint density at radius 2 is 1.70 bits per heavy atom. The molecule has 5 amide bonds. The van der Waals surface area contributed by atoms with Gasteiger partial charge in [0.1, 0.15) is 11.8 Å². The minimum Gasteiger partial charge on any atom is -0.424 e. The number of aryl methyl sites for hydroxylation is 1. The lowest BCUT2D eigenvalue weighted by molar-refractivity contribution is -0.136. The molecule has 1 N–H and O–H groups in total. The van der Waals surface area contributed by atoms with E-state index in [9.17, 15) is 32.8 Å². The molecule has 5 aliphatic rings. The Morgan fingerprint density at radius 1 is 0.930 bits per heavy atom. The lowest BCUT2D eigenvalue weighted by Gasteiger charge is -2.33. The molecule has 2 fully saturated rings. The first-order chi connectivity index (χ1) is 27.5. The van der Waals surface area contributed by atoms with Crippen LogP contribution in [0.15, 0.2) is 42.7 Å². The maximum atomic E-state index is 14.9. The molecule has 1 atom stereocenters. The highest BCUT2D eigenvalue weighted by Gasteiger charge is 2.45. The quantitative estimate of drug-likeness (QED) is 0.256. The second-order valence-electron chi connectivity index (χ2n) is 14.9. The van der Waals surface area contributed by atoms with Crippen molar-refractivity contribution in [3.05, 3.63) is 76.2 Å². The first-order valence-electron chi connectivity index (χ1n) is 19.1. The van der Waals surface area contributed by atoms with Gasteiger partial charge in [-0.1, -0.05) is 0 Å². The van der Waals surface area contributed by atoms with Crippen molar-refractivity contribution in [2.75, 3.05) is 31.2 Å². The van der Waals surface area contributed by atoms with Crippen LogP contribution < -0.4 is 15.0 Å². The van der Waals surface area contributed by atoms with E-state index in [1.165, 1.54) is 36.7 Å². The standard InChI is InChI=1S/C40H38F2N8O7/c1-21(51)47-12-8-31-30(20-47)36(46-50(31)24-9-13-56-14-10-24)48-11-2-3-22-15-27(28(35(41)42)17-33(22)48)23-18-43-40(44-19-23)57-25-4-5-26-29(16-25)39(55)49(38(26)54)32-6-7-34(52)45-37(32)53/h4-5,15-19,24,32,35H,2-3,6-14,20H2,1H3,(H,45,52,53). The number of halogens is 2. The summed E-state index contributed by atoms with van der Waals surface area (Å²) >= 11 is 0. The Hall–Kier alpha value is -6.10. The van der Waals surface area contributed by atoms with Gasteiger partial charge in [-0.2, -0.15) is 5.10 Å². The Bertz CT molecular complexity index is 2340. The number of ether oxygens (including phenoxy) is 2. The minimum absolute atomic E-state index is 0.00128. The topological polar surface area (TPSA) is 169 Å². The summed E-state index contributed by atoms with van der Waals surface area (Å²) in [7, 11) is 0. The van der Waals surface area contributed by atoms with Gasteiger partial charge >= 0.3 is 6.01 Å². The minimum atomic E-state index is -2.82. The van der Waals surface area contributed by atoms with Gasteiger partial charge < -0.3 is 19.3 Å². The second-order valence-corrected chi connectivity index (χ2v) is 14.9. The SMILES string of the molecule is CC(=O)N1CCc2c(c(N3CCCc4cc(-c5cnc(Oc6ccc7c(c6)C(=O)N(C6CCC(=O)NC6=O)C7=O)nc5)c(C(F)F)cc43)nn2C2CCOCC2)C1. The number of benzene rings is 2. The van der Waals surface area contributed by atoms with Crippen LogP contribution in [0.3, 0.4) is 0 Å². The van der Waals surface area contributed by atoms with E-state index in [0.29, 0.717) is 62.8 Å². The summed E-state index contributed by atoms with van der Waals surface area (Å²) in [6, 6.07) is 6.44. The van der Waals surface area contributed by atoms with Crippen LogP contribution in [0.1, 0.15) is 94.6 Å². The molecule has 294 valence electrons. The third kappa shape index (κ3) is 6.48. The molecule has 17 heteroatoms. The Balaban J connectivity index is 0.986. The number of aromatic nitrogens is 4. The molecule has 0 spiro atoms. The largest absolute Gasteiger partial charge is 0.424 e. The predicted molar refractivity (Wildman–Crippen MR) is 197 cm³/mol. The van der Waals surface area contributed by atoms with Crippen LogP contribution in [0.2, 0.25) is 0 Å². The number of alkyl halides is 2. The van der Waals surface area contributed by atoms with Gasteiger partial charge in [-0.3, -0.25) is 38.9 Å². The molecule has 0 aliphatic carbocycles. The Morgan fingerprint density at radius 3 is 2.44 bits per heavy atom. The summed E-state index contributed by atoms with van der Waals surface area (Å²) in [5.74, 6) is -1.71. The van der Waals surface area contributed by atoms with Crippen molar-refractivity contribution in [3.8, 4) is 22.9 Å². The van der Waals surface area contributed by atoms with Gasteiger partial charge in [-0.15, -0.1) is 0 Å². The van der Waals surface area contributed by atoms with Gasteiger partial charge in [0.15, 0.2) is 5.82 Å². The molecule has 2 saturated heterocycles. The summed E-state index contributed by atoms with van der Waals surface area (Å²) in [4.78, 5) is 76.1. The van der Waals surface area contributed by atoms with E-state index < -0.39 is 36.1 Å². The molecular weight excluding hydrogens is 742 g/mol. The molecule has 7 heterocycles. The summed E-state index contributed by atoms with van der Waals surface area (Å²) in [5, 5.41) is 7.32. The summed E-state index contributed by atoms with van der Waals surface area (Å²) in [6.45, 7) is 4.42. The van der Waals surface area contributed by atoms with Gasteiger partial charge in [0.2, 0.25) is 17.7 Å². The number of nitrogens with one attached hydrogen (secondary N) is 1. The number of fused-ring (bicyclic) bond motifs is 3. The number of amides is 5. The maximum Gasteiger partial charge on any atom is 0.321 e. The summed E-state index contributed by atoms with van der Waals surface area (Å²) < 4.78 is 43.4. The van der Waals surface area contributed by atoms with Crippen LogP contribution in [0, 0.1) is 0 Å². The average Bonchev–Trinajstić information content (AvgIpc) is 3.71. The highest BCUT2D eigenvalue weighted by Crippen LogP contribution is 2.44. The summed E-state index contributed by atoms with van der Waals surface area (Å²) in [5.41, 5.74) is 4.12. The smallest absolute Gasteiger partial charge is 0.321 e. The van der Waals surface area contributed by atoms with Crippen LogP contribution in [0.4, 0.5) is 20.3 Å². The lowest BCUT2D eigenvalue weighted by Crippen LogP contribution is -2.54. The molecule has 9 rings (SSSR count). The highest BCUT2D eigenvalue weighted by atomic mass is 19.3. The zero-order chi connectivity index (χ0) is 39.5. The molecule has 4 aromatic rings. The number of hydrogen-bond donors (Lipinski definition) is 1.